The third kappa shape index (κ3) is 2.80. The molecule has 0 radical (unpaired) electrons. The maximum absolute atomic E-state index is 11.5. The van der Waals surface area contributed by atoms with Gasteiger partial charge in [0.1, 0.15) is 0 Å². The molecular formula is C14H19N3O3S. The summed E-state index contributed by atoms with van der Waals surface area (Å²) in [5, 5.41) is 11.9. The maximum atomic E-state index is 11.5. The Labute approximate surface area is 127 Å². The number of hydrogen-bond acceptors (Lipinski definition) is 6. The molecular weight excluding hydrogens is 290 g/mol. The van der Waals surface area contributed by atoms with E-state index in [0.29, 0.717) is 15.9 Å². The number of hydrogen-bond donors (Lipinski definition) is 0. The number of likely N-dealkylation sites (tertiary alicyclic amines) is 1. The van der Waals surface area contributed by atoms with Crippen LogP contribution in [0.15, 0.2) is 6.07 Å². The van der Waals surface area contributed by atoms with Crippen molar-refractivity contribution in [3.63, 3.8) is 0 Å². The number of thiophene rings is 1. The van der Waals surface area contributed by atoms with Crippen LogP contribution in [0.4, 0.5) is 10.7 Å². The van der Waals surface area contributed by atoms with E-state index in [1.807, 2.05) is 0 Å². The third-order valence-corrected chi connectivity index (χ3v) is 5.63. The van der Waals surface area contributed by atoms with Crippen LogP contribution in [0.25, 0.3) is 0 Å². The first-order valence-corrected chi connectivity index (χ1v) is 8.16. The van der Waals surface area contributed by atoms with Crippen molar-refractivity contribution in [3.05, 3.63) is 21.1 Å². The highest BCUT2D eigenvalue weighted by Gasteiger charge is 2.33. The van der Waals surface area contributed by atoms with Crippen molar-refractivity contribution in [2.24, 2.45) is 0 Å². The fourth-order valence-electron chi connectivity index (χ4n) is 3.23. The van der Waals surface area contributed by atoms with Gasteiger partial charge in [-0.15, -0.1) is 11.3 Å². The van der Waals surface area contributed by atoms with Crippen molar-refractivity contribution >= 4 is 27.8 Å². The summed E-state index contributed by atoms with van der Waals surface area (Å²) in [5.41, 5.74) is 0.0762. The van der Waals surface area contributed by atoms with Crippen LogP contribution in [-0.2, 0) is 0 Å². The molecule has 0 saturated carbocycles. The minimum atomic E-state index is -0.374. The second kappa shape index (κ2) is 5.73. The van der Waals surface area contributed by atoms with Crippen LogP contribution >= 0.6 is 11.3 Å². The summed E-state index contributed by atoms with van der Waals surface area (Å²) in [4.78, 5) is 27.4. The predicted molar refractivity (Wildman–Crippen MR) is 82.4 cm³/mol. The lowest BCUT2D eigenvalue weighted by atomic mass is 10.2. The highest BCUT2D eigenvalue weighted by molar-refractivity contribution is 7.18. The van der Waals surface area contributed by atoms with Crippen LogP contribution in [0.3, 0.4) is 0 Å². The highest BCUT2D eigenvalue weighted by Crippen LogP contribution is 2.40. The van der Waals surface area contributed by atoms with Crippen molar-refractivity contribution in [2.75, 3.05) is 31.1 Å². The first-order valence-electron chi connectivity index (χ1n) is 7.34. The lowest BCUT2D eigenvalue weighted by Crippen LogP contribution is -2.35. The monoisotopic (exact) mass is 309 g/mol. The molecule has 6 nitrogen and oxygen atoms in total. The zero-order valence-electron chi connectivity index (χ0n) is 12.1. The summed E-state index contributed by atoms with van der Waals surface area (Å²) in [6, 6.07) is 1.92. The molecule has 1 aromatic heterocycles. The van der Waals surface area contributed by atoms with Crippen LogP contribution in [0.5, 0.6) is 0 Å². The van der Waals surface area contributed by atoms with E-state index in [2.05, 4.69) is 9.80 Å². The molecule has 0 N–H and O–H groups in total. The fraction of sp³-hybridized carbons (Fsp3) is 0.643. The molecule has 0 bridgehead atoms. The standard InChI is InChI=1S/C14H19N3O3S/c1-10(18)13-8-12(17(19)20)14(21-13)16-7-4-11(9-16)15-5-2-3-6-15/h8,11H,2-7,9H2,1H3. The largest absolute Gasteiger partial charge is 0.356 e. The van der Waals surface area contributed by atoms with Gasteiger partial charge in [0.2, 0.25) is 0 Å². The Hall–Kier alpha value is -1.47. The smallest absolute Gasteiger partial charge is 0.304 e. The zero-order valence-corrected chi connectivity index (χ0v) is 12.9. The second-order valence-electron chi connectivity index (χ2n) is 5.75. The molecule has 7 heteroatoms. The molecule has 1 aromatic rings. The minimum absolute atomic E-state index is 0.0762. The number of nitro groups is 1. The van der Waals surface area contributed by atoms with Crippen molar-refractivity contribution < 1.29 is 9.72 Å². The quantitative estimate of drug-likeness (QED) is 0.486. The average Bonchev–Trinajstić information content (AvgIpc) is 3.17. The average molecular weight is 309 g/mol. The summed E-state index contributed by atoms with van der Waals surface area (Å²) < 4.78 is 0. The van der Waals surface area contributed by atoms with Crippen molar-refractivity contribution in [1.29, 1.82) is 0 Å². The van der Waals surface area contributed by atoms with E-state index in [1.165, 1.54) is 37.2 Å². The predicted octanol–water partition coefficient (Wildman–Crippen LogP) is 2.53. The number of carbonyl (C=O) groups excluding carboxylic acids is 1. The van der Waals surface area contributed by atoms with E-state index in [1.54, 1.807) is 0 Å². The lowest BCUT2D eigenvalue weighted by molar-refractivity contribution is -0.383. The van der Waals surface area contributed by atoms with E-state index < -0.39 is 0 Å². The molecule has 114 valence electrons. The number of nitrogens with zero attached hydrogens (tertiary/aromatic N) is 3. The first-order chi connectivity index (χ1) is 10.1. The number of ketones is 1. The number of anilines is 1. The van der Waals surface area contributed by atoms with Gasteiger partial charge in [0.25, 0.3) is 0 Å². The van der Waals surface area contributed by atoms with Gasteiger partial charge in [-0.2, -0.15) is 0 Å². The Morgan fingerprint density at radius 3 is 2.71 bits per heavy atom. The van der Waals surface area contributed by atoms with Crippen LogP contribution in [0, 0.1) is 10.1 Å². The van der Waals surface area contributed by atoms with Gasteiger partial charge in [-0.1, -0.05) is 0 Å². The van der Waals surface area contributed by atoms with Gasteiger partial charge < -0.3 is 4.90 Å². The topological polar surface area (TPSA) is 66.7 Å². The van der Waals surface area contributed by atoms with Crippen LogP contribution < -0.4 is 4.90 Å². The van der Waals surface area contributed by atoms with Gasteiger partial charge in [0.15, 0.2) is 10.8 Å². The molecule has 0 aliphatic carbocycles. The number of Topliss-reactive ketones (excluding diaryl/α,β-unsaturated/α-hetero) is 1. The Morgan fingerprint density at radius 1 is 1.38 bits per heavy atom. The molecule has 1 unspecified atom stereocenters. The van der Waals surface area contributed by atoms with Crippen LogP contribution in [-0.4, -0.2) is 47.8 Å². The van der Waals surface area contributed by atoms with Gasteiger partial charge in [-0.25, -0.2) is 0 Å². The van der Waals surface area contributed by atoms with Crippen molar-refractivity contribution in [1.82, 2.24) is 4.90 Å². The molecule has 0 aromatic carbocycles. The molecule has 0 spiro atoms. The molecule has 2 saturated heterocycles. The maximum Gasteiger partial charge on any atom is 0.304 e. The van der Waals surface area contributed by atoms with E-state index >= 15 is 0 Å². The Bertz CT molecular complexity index is 566. The fourth-order valence-corrected chi connectivity index (χ4v) is 4.29. The van der Waals surface area contributed by atoms with Crippen LogP contribution in [0.2, 0.25) is 0 Å². The SMILES string of the molecule is CC(=O)c1cc([N+](=O)[O-])c(N2CCC(N3CCCC3)C2)s1. The van der Waals surface area contributed by atoms with Crippen molar-refractivity contribution in [2.45, 2.75) is 32.2 Å². The normalized spacial score (nSPS) is 22.9. The molecule has 2 aliphatic heterocycles. The van der Waals surface area contributed by atoms with Gasteiger partial charge in [0, 0.05) is 25.2 Å². The van der Waals surface area contributed by atoms with E-state index in [0.717, 1.165) is 32.6 Å². The first kappa shape index (κ1) is 14.5. The number of rotatable bonds is 4. The molecule has 2 fully saturated rings. The third-order valence-electron chi connectivity index (χ3n) is 4.34. The summed E-state index contributed by atoms with van der Waals surface area (Å²) in [6.07, 6.45) is 3.55. The van der Waals surface area contributed by atoms with Crippen LogP contribution in [0.1, 0.15) is 35.9 Å². The Morgan fingerprint density at radius 2 is 2.10 bits per heavy atom. The molecule has 2 aliphatic rings. The summed E-state index contributed by atoms with van der Waals surface area (Å²) in [6.45, 7) is 5.41. The van der Waals surface area contributed by atoms with Gasteiger partial charge in [-0.3, -0.25) is 19.8 Å². The Balaban J connectivity index is 1.80. The molecule has 3 rings (SSSR count). The molecule has 3 heterocycles. The van der Waals surface area contributed by atoms with Crippen molar-refractivity contribution in [3.8, 4) is 0 Å². The Kier molecular flexibility index (Phi) is 3.95. The van der Waals surface area contributed by atoms with Gasteiger partial charge in [-0.05, 0) is 39.3 Å². The van der Waals surface area contributed by atoms with E-state index in [4.69, 9.17) is 0 Å². The van der Waals surface area contributed by atoms with Gasteiger partial charge >= 0.3 is 5.69 Å². The summed E-state index contributed by atoms with van der Waals surface area (Å²) >= 11 is 1.25. The molecule has 21 heavy (non-hydrogen) atoms. The molecule has 0 amide bonds. The zero-order chi connectivity index (χ0) is 15.0. The minimum Gasteiger partial charge on any atom is -0.356 e. The summed E-state index contributed by atoms with van der Waals surface area (Å²) in [7, 11) is 0. The van der Waals surface area contributed by atoms with Gasteiger partial charge in [0.05, 0.1) is 9.80 Å². The highest BCUT2D eigenvalue weighted by atomic mass is 32.1. The number of carbonyl (C=O) groups is 1. The molecule has 1 atom stereocenters. The summed E-state index contributed by atoms with van der Waals surface area (Å²) in [5.74, 6) is -0.107. The van der Waals surface area contributed by atoms with E-state index in [9.17, 15) is 14.9 Å². The van der Waals surface area contributed by atoms with E-state index in [-0.39, 0.29) is 16.4 Å². The lowest BCUT2D eigenvalue weighted by Gasteiger charge is -2.23. The second-order valence-corrected chi connectivity index (χ2v) is 6.78.